The largest absolute Gasteiger partial charge is 0.342 e. The summed E-state index contributed by atoms with van der Waals surface area (Å²) in [6.45, 7) is 3.23. The topological polar surface area (TPSA) is 78.6 Å². The molecule has 0 aliphatic carbocycles. The lowest BCUT2D eigenvalue weighted by Crippen LogP contribution is -2.33. The van der Waals surface area contributed by atoms with Crippen LogP contribution in [0.4, 0.5) is 0 Å². The minimum absolute atomic E-state index is 0.317. The Morgan fingerprint density at radius 1 is 1.26 bits per heavy atom. The van der Waals surface area contributed by atoms with E-state index in [1.807, 2.05) is 31.2 Å². The maximum absolute atomic E-state index is 12.5. The second kappa shape index (κ2) is 6.44. The molecule has 0 saturated carbocycles. The summed E-state index contributed by atoms with van der Waals surface area (Å²) < 4.78 is 22.3. The summed E-state index contributed by atoms with van der Waals surface area (Å²) in [5, 5.41) is 0. The van der Waals surface area contributed by atoms with Gasteiger partial charge in [0.2, 0.25) is 0 Å². The zero-order valence-corrected chi connectivity index (χ0v) is 12.5. The first-order valence-electron chi connectivity index (χ1n) is 5.90. The van der Waals surface area contributed by atoms with Crippen LogP contribution < -0.4 is 5.73 Å². The van der Waals surface area contributed by atoms with Crippen molar-refractivity contribution in [1.82, 2.24) is 0 Å². The van der Waals surface area contributed by atoms with E-state index in [0.29, 0.717) is 0 Å². The van der Waals surface area contributed by atoms with E-state index in [0.717, 1.165) is 11.1 Å². The van der Waals surface area contributed by atoms with Crippen molar-refractivity contribution in [2.24, 2.45) is 5.73 Å². The van der Waals surface area contributed by atoms with Crippen LogP contribution in [0, 0.1) is 6.92 Å². The summed E-state index contributed by atoms with van der Waals surface area (Å²) in [6.07, 6.45) is 0. The molecule has 6 heteroatoms. The molecule has 0 aliphatic rings. The third-order valence-corrected chi connectivity index (χ3v) is 5.54. The predicted octanol–water partition coefficient (Wildman–Crippen LogP) is 2.44. The zero-order valence-electron chi connectivity index (χ0n) is 11.6. The Labute approximate surface area is 113 Å². The molecular weight excluding hydrogens is 265 g/mol. The van der Waals surface area contributed by atoms with Crippen molar-refractivity contribution in [3.63, 3.8) is 0 Å². The van der Waals surface area contributed by atoms with Crippen molar-refractivity contribution in [1.29, 1.82) is 0 Å². The van der Waals surface area contributed by atoms with Gasteiger partial charge in [-0.2, -0.15) is 0 Å². The Morgan fingerprint density at radius 2 is 1.79 bits per heavy atom. The van der Waals surface area contributed by atoms with E-state index in [1.54, 1.807) is 0 Å². The molecule has 1 rings (SSSR count). The minimum atomic E-state index is -3.56. The van der Waals surface area contributed by atoms with Gasteiger partial charge in [-0.15, -0.1) is 0 Å². The molecule has 0 radical (unpaired) electrons. The van der Waals surface area contributed by atoms with Gasteiger partial charge in [0.05, 0.1) is 6.04 Å². The summed E-state index contributed by atoms with van der Waals surface area (Å²) >= 11 is 0. The highest BCUT2D eigenvalue weighted by atomic mass is 31.2. The number of aryl methyl sites for hydroxylation is 1. The third kappa shape index (κ3) is 3.31. The van der Waals surface area contributed by atoms with Crippen molar-refractivity contribution in [3.05, 3.63) is 35.4 Å². The van der Waals surface area contributed by atoms with E-state index in [-0.39, 0.29) is 5.78 Å². The highest BCUT2D eigenvalue weighted by Crippen LogP contribution is 2.55. The molecule has 0 aromatic heterocycles. The van der Waals surface area contributed by atoms with E-state index in [2.05, 4.69) is 0 Å². The molecular formula is C13H20NO4P. The van der Waals surface area contributed by atoms with Gasteiger partial charge < -0.3 is 14.8 Å². The molecule has 5 nitrogen and oxygen atoms in total. The molecule has 0 fully saturated rings. The van der Waals surface area contributed by atoms with Crippen LogP contribution in [0.1, 0.15) is 24.1 Å². The van der Waals surface area contributed by atoms with Gasteiger partial charge >= 0.3 is 7.60 Å². The second-order valence-corrected chi connectivity index (χ2v) is 6.71. The fourth-order valence-electron chi connectivity index (χ4n) is 2.10. The summed E-state index contributed by atoms with van der Waals surface area (Å²) in [6, 6.07) is 6.66. The lowest BCUT2D eigenvalue weighted by molar-refractivity contribution is -0.117. The van der Waals surface area contributed by atoms with E-state index in [1.165, 1.54) is 21.1 Å². The highest BCUT2D eigenvalue weighted by molar-refractivity contribution is 7.55. The predicted molar refractivity (Wildman–Crippen MR) is 74.2 cm³/mol. The van der Waals surface area contributed by atoms with Crippen LogP contribution in [-0.2, 0) is 18.4 Å². The molecule has 2 unspecified atom stereocenters. The number of hydrogen-bond donors (Lipinski definition) is 1. The first kappa shape index (κ1) is 16.1. The fraction of sp³-hybridized carbons (Fsp3) is 0.462. The first-order valence-corrected chi connectivity index (χ1v) is 7.51. The smallest absolute Gasteiger partial charge is 0.323 e. The van der Waals surface area contributed by atoms with Crippen molar-refractivity contribution in [3.8, 4) is 0 Å². The number of ketones is 1. The Hall–Kier alpha value is -1.00. The van der Waals surface area contributed by atoms with Gasteiger partial charge in [0, 0.05) is 14.2 Å². The molecule has 0 aliphatic heterocycles. The van der Waals surface area contributed by atoms with Gasteiger partial charge in [-0.25, -0.2) is 0 Å². The van der Waals surface area contributed by atoms with Crippen LogP contribution in [-0.4, -0.2) is 25.7 Å². The molecule has 19 heavy (non-hydrogen) atoms. The molecule has 1 aromatic carbocycles. The standard InChI is InChI=1S/C13H20NO4P/c1-9-7-5-6-8-11(9)12(14)13(10(2)15)19(16,17-3)18-4/h5-8,12-13H,14H2,1-4H3. The number of carbonyl (C=O) groups excluding carboxylic acids is 1. The Morgan fingerprint density at radius 3 is 2.21 bits per heavy atom. The Kier molecular flexibility index (Phi) is 5.44. The molecule has 2 N–H and O–H groups in total. The fourth-order valence-corrected chi connectivity index (χ4v) is 3.71. The van der Waals surface area contributed by atoms with E-state index < -0.39 is 19.3 Å². The quantitative estimate of drug-likeness (QED) is 0.812. The minimum Gasteiger partial charge on any atom is -0.323 e. The van der Waals surface area contributed by atoms with Gasteiger partial charge in [-0.05, 0) is 25.0 Å². The first-order chi connectivity index (χ1) is 8.87. The van der Waals surface area contributed by atoms with Crippen molar-refractivity contribution in [2.75, 3.05) is 14.2 Å². The van der Waals surface area contributed by atoms with Gasteiger partial charge in [0.1, 0.15) is 11.4 Å². The normalized spacial score (nSPS) is 15.0. The van der Waals surface area contributed by atoms with Crippen LogP contribution in [0.5, 0.6) is 0 Å². The third-order valence-electron chi connectivity index (χ3n) is 3.15. The van der Waals surface area contributed by atoms with Crippen molar-refractivity contribution < 1.29 is 18.4 Å². The summed E-state index contributed by atoms with van der Waals surface area (Å²) in [4.78, 5) is 11.8. The lowest BCUT2D eigenvalue weighted by Gasteiger charge is -2.28. The SMILES string of the molecule is COP(=O)(OC)C(C(C)=O)C(N)c1ccccc1C. The molecule has 0 spiro atoms. The number of Topliss-reactive ketones (excluding diaryl/α,β-unsaturated/α-hetero) is 1. The van der Waals surface area contributed by atoms with Gasteiger partial charge in [-0.1, -0.05) is 24.3 Å². The average Bonchev–Trinajstić information content (AvgIpc) is 2.38. The average molecular weight is 285 g/mol. The van der Waals surface area contributed by atoms with E-state index in [9.17, 15) is 9.36 Å². The Bertz CT molecular complexity index is 495. The van der Waals surface area contributed by atoms with Crippen LogP contribution in [0.15, 0.2) is 24.3 Å². The molecule has 0 amide bonds. The van der Waals surface area contributed by atoms with Gasteiger partial charge in [0.15, 0.2) is 0 Å². The molecule has 1 aromatic rings. The van der Waals surface area contributed by atoms with Crippen molar-refractivity contribution in [2.45, 2.75) is 25.5 Å². The number of nitrogens with two attached hydrogens (primary N) is 1. The maximum Gasteiger partial charge on any atom is 0.342 e. The van der Waals surface area contributed by atoms with Crippen LogP contribution in [0.2, 0.25) is 0 Å². The highest BCUT2D eigenvalue weighted by Gasteiger charge is 2.42. The molecule has 0 saturated heterocycles. The van der Waals surface area contributed by atoms with E-state index in [4.69, 9.17) is 14.8 Å². The number of carbonyl (C=O) groups is 1. The monoisotopic (exact) mass is 285 g/mol. The van der Waals surface area contributed by atoms with Crippen LogP contribution >= 0.6 is 7.60 Å². The van der Waals surface area contributed by atoms with Gasteiger partial charge in [0.25, 0.3) is 0 Å². The second-order valence-electron chi connectivity index (χ2n) is 4.34. The molecule has 106 valence electrons. The zero-order chi connectivity index (χ0) is 14.6. The summed E-state index contributed by atoms with van der Waals surface area (Å²) in [5.74, 6) is -0.317. The molecule has 0 heterocycles. The lowest BCUT2D eigenvalue weighted by atomic mass is 9.98. The number of rotatable bonds is 6. The molecule has 0 bridgehead atoms. The summed E-state index contributed by atoms with van der Waals surface area (Å²) in [7, 11) is -1.05. The molecule has 2 atom stereocenters. The maximum atomic E-state index is 12.5. The van der Waals surface area contributed by atoms with E-state index >= 15 is 0 Å². The summed E-state index contributed by atoms with van der Waals surface area (Å²) in [5.41, 5.74) is 6.81. The number of benzene rings is 1. The van der Waals surface area contributed by atoms with Crippen LogP contribution in [0.25, 0.3) is 0 Å². The van der Waals surface area contributed by atoms with Crippen molar-refractivity contribution >= 4 is 13.4 Å². The number of hydrogen-bond acceptors (Lipinski definition) is 5. The van der Waals surface area contributed by atoms with Gasteiger partial charge in [-0.3, -0.25) is 9.36 Å². The van der Waals surface area contributed by atoms with Crippen LogP contribution in [0.3, 0.4) is 0 Å². The Balaban J connectivity index is 3.25.